The summed E-state index contributed by atoms with van der Waals surface area (Å²) in [7, 11) is 0. The van der Waals surface area contributed by atoms with E-state index in [0.717, 1.165) is 25.6 Å². The molecule has 1 N–H and O–H groups in total. The fraction of sp³-hybridized carbons (Fsp3) is 0.833. The third-order valence-electron chi connectivity index (χ3n) is 3.01. The average Bonchev–Trinajstić information content (AvgIpc) is 2.59. The highest BCUT2D eigenvalue weighted by molar-refractivity contribution is 4.88. The number of rotatable bonds is 6. The van der Waals surface area contributed by atoms with E-state index in [0.29, 0.717) is 0 Å². The lowest BCUT2D eigenvalue weighted by Crippen LogP contribution is -2.38. The van der Waals surface area contributed by atoms with Gasteiger partial charge in [0.25, 0.3) is 0 Å². The highest BCUT2D eigenvalue weighted by Gasteiger charge is 2.21. The van der Waals surface area contributed by atoms with Crippen LogP contribution in [0.15, 0.2) is 12.2 Å². The van der Waals surface area contributed by atoms with E-state index in [2.05, 4.69) is 30.6 Å². The lowest BCUT2D eigenvalue weighted by atomic mass is 10.2. The molecule has 0 aromatic carbocycles. The van der Waals surface area contributed by atoms with E-state index in [1.54, 1.807) is 0 Å². The summed E-state index contributed by atoms with van der Waals surface area (Å²) in [6.07, 6.45) is 3.85. The largest absolute Gasteiger partial charge is 0.315 e. The van der Waals surface area contributed by atoms with Crippen molar-refractivity contribution in [3.8, 4) is 0 Å². The molecule has 0 bridgehead atoms. The van der Waals surface area contributed by atoms with Crippen molar-refractivity contribution in [2.24, 2.45) is 0 Å². The number of nitrogens with one attached hydrogen (secondary N) is 1. The molecular formula is C12H24N2. The second kappa shape index (κ2) is 6.20. The third-order valence-corrected chi connectivity index (χ3v) is 3.01. The molecule has 2 nitrogen and oxygen atoms in total. The highest BCUT2D eigenvalue weighted by Crippen LogP contribution is 2.15. The number of hydrogen-bond donors (Lipinski definition) is 1. The average molecular weight is 196 g/mol. The minimum absolute atomic E-state index is 0.783. The van der Waals surface area contributed by atoms with Crippen LogP contribution in [0.4, 0.5) is 0 Å². The van der Waals surface area contributed by atoms with Gasteiger partial charge in [-0.15, -0.1) is 6.58 Å². The van der Waals surface area contributed by atoms with Gasteiger partial charge in [0.05, 0.1) is 0 Å². The van der Waals surface area contributed by atoms with Crippen LogP contribution in [0.2, 0.25) is 0 Å². The second-order valence-electron chi connectivity index (χ2n) is 4.34. The Labute approximate surface area is 88.4 Å². The summed E-state index contributed by atoms with van der Waals surface area (Å²) >= 11 is 0. The molecule has 1 unspecified atom stereocenters. The topological polar surface area (TPSA) is 15.3 Å². The van der Waals surface area contributed by atoms with Crippen LogP contribution in [0.5, 0.6) is 0 Å². The molecule has 0 aromatic rings. The second-order valence-corrected chi connectivity index (χ2v) is 4.34. The van der Waals surface area contributed by atoms with Gasteiger partial charge in [-0.25, -0.2) is 0 Å². The fourth-order valence-electron chi connectivity index (χ4n) is 2.11. The van der Waals surface area contributed by atoms with Gasteiger partial charge in [-0.05, 0) is 45.8 Å². The zero-order chi connectivity index (χ0) is 10.4. The molecule has 1 atom stereocenters. The van der Waals surface area contributed by atoms with Crippen LogP contribution in [0.1, 0.15) is 33.1 Å². The molecule has 0 aromatic heterocycles. The number of nitrogens with zero attached hydrogens (tertiary/aromatic N) is 1. The molecular weight excluding hydrogens is 172 g/mol. The third kappa shape index (κ3) is 3.81. The van der Waals surface area contributed by atoms with Crippen molar-refractivity contribution in [1.82, 2.24) is 10.2 Å². The first-order valence-corrected chi connectivity index (χ1v) is 5.83. The summed E-state index contributed by atoms with van der Waals surface area (Å²) in [5, 5.41) is 3.52. The van der Waals surface area contributed by atoms with Crippen LogP contribution in [-0.2, 0) is 0 Å². The van der Waals surface area contributed by atoms with Gasteiger partial charge in [-0.3, -0.25) is 4.90 Å². The number of hydrogen-bond acceptors (Lipinski definition) is 2. The van der Waals surface area contributed by atoms with Crippen molar-refractivity contribution >= 4 is 0 Å². The predicted octanol–water partition coefficient (Wildman–Crippen LogP) is 2.03. The van der Waals surface area contributed by atoms with Crippen molar-refractivity contribution in [3.05, 3.63) is 12.2 Å². The van der Waals surface area contributed by atoms with Gasteiger partial charge >= 0.3 is 0 Å². The lowest BCUT2D eigenvalue weighted by molar-refractivity contribution is 0.260. The van der Waals surface area contributed by atoms with Crippen LogP contribution in [0.3, 0.4) is 0 Å². The predicted molar refractivity (Wildman–Crippen MR) is 62.6 cm³/mol. The molecule has 0 saturated carbocycles. The van der Waals surface area contributed by atoms with Crippen LogP contribution < -0.4 is 5.32 Å². The molecule has 0 amide bonds. The summed E-state index contributed by atoms with van der Waals surface area (Å²) in [5.41, 5.74) is 1.27. The van der Waals surface area contributed by atoms with E-state index in [1.165, 1.54) is 31.5 Å². The summed E-state index contributed by atoms with van der Waals surface area (Å²) < 4.78 is 0. The Balaban J connectivity index is 2.08. The van der Waals surface area contributed by atoms with Gasteiger partial charge in [-0.1, -0.05) is 12.5 Å². The van der Waals surface area contributed by atoms with Gasteiger partial charge in [0.2, 0.25) is 0 Å². The Kier molecular flexibility index (Phi) is 5.20. The Hall–Kier alpha value is -0.340. The minimum atomic E-state index is 0.783. The molecule has 1 rings (SSSR count). The Morgan fingerprint density at radius 3 is 3.00 bits per heavy atom. The van der Waals surface area contributed by atoms with E-state index in [9.17, 15) is 0 Å². The van der Waals surface area contributed by atoms with E-state index >= 15 is 0 Å². The monoisotopic (exact) mass is 196 g/mol. The first-order valence-electron chi connectivity index (χ1n) is 5.83. The molecule has 0 spiro atoms. The summed E-state index contributed by atoms with van der Waals surface area (Å²) in [5.74, 6) is 0. The zero-order valence-corrected chi connectivity index (χ0v) is 9.68. The van der Waals surface area contributed by atoms with Crippen molar-refractivity contribution in [1.29, 1.82) is 0 Å². The molecule has 0 aliphatic carbocycles. The van der Waals surface area contributed by atoms with Crippen molar-refractivity contribution < 1.29 is 0 Å². The maximum atomic E-state index is 3.91. The molecule has 1 aliphatic rings. The quantitative estimate of drug-likeness (QED) is 0.516. The smallest absolute Gasteiger partial charge is 0.0220 e. The van der Waals surface area contributed by atoms with Crippen molar-refractivity contribution in [2.75, 3.05) is 26.2 Å². The Bertz CT molecular complexity index is 177. The molecule has 1 heterocycles. The lowest BCUT2D eigenvalue weighted by Gasteiger charge is -2.22. The molecule has 2 heteroatoms. The SMILES string of the molecule is C=C(C)CCNCC1CCCN1CC. The zero-order valence-electron chi connectivity index (χ0n) is 9.68. The first-order chi connectivity index (χ1) is 6.74. The van der Waals surface area contributed by atoms with Gasteiger partial charge in [-0.2, -0.15) is 0 Å². The van der Waals surface area contributed by atoms with Crippen LogP contribution >= 0.6 is 0 Å². The molecule has 1 saturated heterocycles. The van der Waals surface area contributed by atoms with Crippen molar-refractivity contribution in [2.45, 2.75) is 39.2 Å². The van der Waals surface area contributed by atoms with Gasteiger partial charge in [0.15, 0.2) is 0 Å². The minimum Gasteiger partial charge on any atom is -0.315 e. The first kappa shape index (κ1) is 11.7. The fourth-order valence-corrected chi connectivity index (χ4v) is 2.11. The molecule has 14 heavy (non-hydrogen) atoms. The van der Waals surface area contributed by atoms with E-state index < -0.39 is 0 Å². The van der Waals surface area contributed by atoms with Gasteiger partial charge < -0.3 is 5.32 Å². The highest BCUT2D eigenvalue weighted by atomic mass is 15.2. The maximum Gasteiger partial charge on any atom is 0.0220 e. The Morgan fingerprint density at radius 2 is 2.36 bits per heavy atom. The Morgan fingerprint density at radius 1 is 1.57 bits per heavy atom. The molecule has 82 valence electrons. The summed E-state index contributed by atoms with van der Waals surface area (Å²) in [6.45, 7) is 13.0. The van der Waals surface area contributed by atoms with Gasteiger partial charge in [0.1, 0.15) is 0 Å². The normalized spacial score (nSPS) is 22.9. The van der Waals surface area contributed by atoms with E-state index in [4.69, 9.17) is 0 Å². The van der Waals surface area contributed by atoms with Crippen LogP contribution in [0, 0.1) is 0 Å². The van der Waals surface area contributed by atoms with Crippen molar-refractivity contribution in [3.63, 3.8) is 0 Å². The molecule has 1 fully saturated rings. The standard InChI is InChI=1S/C12H24N2/c1-4-14-9-5-6-12(14)10-13-8-7-11(2)3/h12-13H,2,4-10H2,1,3H3. The van der Waals surface area contributed by atoms with Gasteiger partial charge in [0, 0.05) is 12.6 Å². The maximum absolute atomic E-state index is 3.91. The van der Waals surface area contributed by atoms with Crippen LogP contribution in [0.25, 0.3) is 0 Å². The molecule has 0 radical (unpaired) electrons. The van der Waals surface area contributed by atoms with E-state index in [-0.39, 0.29) is 0 Å². The van der Waals surface area contributed by atoms with E-state index in [1.807, 2.05) is 0 Å². The number of likely N-dealkylation sites (N-methyl/N-ethyl adjacent to an activating group) is 1. The summed E-state index contributed by atoms with van der Waals surface area (Å²) in [6, 6.07) is 0.783. The number of likely N-dealkylation sites (tertiary alicyclic amines) is 1. The molecule has 1 aliphatic heterocycles. The summed E-state index contributed by atoms with van der Waals surface area (Å²) in [4.78, 5) is 2.58. The van der Waals surface area contributed by atoms with Crippen LogP contribution in [-0.4, -0.2) is 37.1 Å².